The van der Waals surface area contributed by atoms with Crippen LogP contribution in [0.25, 0.3) is 0 Å². The molecule has 4 rings (SSSR count). The Bertz CT molecular complexity index is 982. The summed E-state index contributed by atoms with van der Waals surface area (Å²) in [6, 6.07) is 2.54. The number of amides is 2. The molecule has 2 aliphatic heterocycles. The molecule has 1 saturated heterocycles. The van der Waals surface area contributed by atoms with Gasteiger partial charge in [-0.05, 0) is 17.7 Å². The highest BCUT2D eigenvalue weighted by Gasteiger charge is 2.40. The van der Waals surface area contributed by atoms with E-state index < -0.39 is 41.3 Å². The maximum atomic E-state index is 14.3. The minimum Gasteiger partial charge on any atom is -0.482 e. The Morgan fingerprint density at radius 3 is 2.68 bits per heavy atom. The molecule has 2 heterocycles. The van der Waals surface area contributed by atoms with Crippen LogP contribution in [-0.4, -0.2) is 42.5 Å². The molecule has 1 unspecified atom stereocenters. The molecular weight excluding hydrogens is 427 g/mol. The Hall–Kier alpha value is -2.95. The normalized spacial score (nSPS) is 21.7. The van der Waals surface area contributed by atoms with Gasteiger partial charge in [-0.1, -0.05) is 6.07 Å². The third kappa shape index (κ3) is 4.41. The van der Waals surface area contributed by atoms with Gasteiger partial charge in [-0.2, -0.15) is 13.2 Å². The van der Waals surface area contributed by atoms with Gasteiger partial charge in [0.15, 0.2) is 6.61 Å². The summed E-state index contributed by atoms with van der Waals surface area (Å²) in [5.74, 6) is -3.77. The van der Waals surface area contributed by atoms with E-state index in [4.69, 9.17) is 9.47 Å². The minimum absolute atomic E-state index is 0.0326. The summed E-state index contributed by atoms with van der Waals surface area (Å²) >= 11 is 0. The van der Waals surface area contributed by atoms with Crippen molar-refractivity contribution in [2.45, 2.75) is 25.3 Å². The molecule has 1 aliphatic carbocycles. The zero-order valence-electron chi connectivity index (χ0n) is 16.0. The molecule has 1 aromatic carbocycles. The number of carbonyl (C=O) groups is 2. The van der Waals surface area contributed by atoms with Crippen LogP contribution >= 0.6 is 0 Å². The van der Waals surface area contributed by atoms with Crippen molar-refractivity contribution in [3.05, 3.63) is 58.5 Å². The number of likely N-dealkylation sites (tertiary alicyclic amines) is 1. The number of halogens is 5. The molecule has 1 atom stereocenters. The first-order chi connectivity index (χ1) is 14.6. The van der Waals surface area contributed by atoms with Crippen LogP contribution in [0, 0.1) is 11.7 Å². The lowest BCUT2D eigenvalue weighted by atomic mass is 9.92. The third-order valence-corrected chi connectivity index (χ3v) is 5.24. The van der Waals surface area contributed by atoms with E-state index in [2.05, 4.69) is 5.32 Å². The van der Waals surface area contributed by atoms with E-state index in [0.29, 0.717) is 11.8 Å². The van der Waals surface area contributed by atoms with Crippen LogP contribution in [0.3, 0.4) is 0 Å². The first kappa shape index (κ1) is 21.3. The first-order valence-electron chi connectivity index (χ1n) is 9.40. The van der Waals surface area contributed by atoms with Crippen LogP contribution in [0.5, 0.6) is 0 Å². The largest absolute Gasteiger partial charge is 0.482 e. The maximum absolute atomic E-state index is 14.3. The van der Waals surface area contributed by atoms with Gasteiger partial charge in [0.25, 0.3) is 5.91 Å². The molecule has 0 aromatic heterocycles. The van der Waals surface area contributed by atoms with E-state index >= 15 is 0 Å². The van der Waals surface area contributed by atoms with Crippen LogP contribution in [0.1, 0.15) is 17.5 Å². The SMILES string of the molecule is O=C1COC2=C(CC(C(=O)N3CC(OCc4ccc(C(F)(F)F)c(F)c4)C3)C(F)=C2)N1. The predicted molar refractivity (Wildman–Crippen MR) is 95.0 cm³/mol. The highest BCUT2D eigenvalue weighted by atomic mass is 19.4. The quantitative estimate of drug-likeness (QED) is 0.726. The van der Waals surface area contributed by atoms with Crippen molar-refractivity contribution in [1.29, 1.82) is 0 Å². The number of benzene rings is 1. The number of alkyl halides is 3. The predicted octanol–water partition coefficient (Wildman–Crippen LogP) is 2.80. The van der Waals surface area contributed by atoms with E-state index in [9.17, 15) is 31.5 Å². The number of hydrogen-bond acceptors (Lipinski definition) is 4. The van der Waals surface area contributed by atoms with E-state index in [1.165, 1.54) is 4.90 Å². The highest BCUT2D eigenvalue weighted by Crippen LogP contribution is 2.34. The second-order valence-corrected chi connectivity index (χ2v) is 7.45. The monoisotopic (exact) mass is 444 g/mol. The Balaban J connectivity index is 1.28. The number of ether oxygens (including phenoxy) is 2. The molecule has 31 heavy (non-hydrogen) atoms. The molecular formula is C20H17F5N2O4. The molecule has 2 amide bonds. The third-order valence-electron chi connectivity index (χ3n) is 5.24. The second kappa shape index (κ2) is 7.95. The summed E-state index contributed by atoms with van der Waals surface area (Å²) in [7, 11) is 0. The summed E-state index contributed by atoms with van der Waals surface area (Å²) in [4.78, 5) is 25.4. The Labute approximate surface area is 173 Å². The first-order valence-corrected chi connectivity index (χ1v) is 9.40. The van der Waals surface area contributed by atoms with Gasteiger partial charge in [-0.3, -0.25) is 9.59 Å². The lowest BCUT2D eigenvalue weighted by Gasteiger charge is -2.41. The molecule has 0 bridgehead atoms. The van der Waals surface area contributed by atoms with Crippen molar-refractivity contribution >= 4 is 11.8 Å². The summed E-state index contributed by atoms with van der Waals surface area (Å²) < 4.78 is 76.4. The highest BCUT2D eigenvalue weighted by molar-refractivity contribution is 5.84. The number of carbonyl (C=O) groups excluding carboxylic acids is 2. The summed E-state index contributed by atoms with van der Waals surface area (Å²) in [6.07, 6.45) is -4.12. The lowest BCUT2D eigenvalue weighted by Crippen LogP contribution is -2.56. The van der Waals surface area contributed by atoms with Crippen molar-refractivity contribution in [1.82, 2.24) is 10.2 Å². The fraction of sp³-hybridized carbons (Fsp3) is 0.400. The van der Waals surface area contributed by atoms with Gasteiger partial charge < -0.3 is 19.7 Å². The van der Waals surface area contributed by atoms with Gasteiger partial charge in [-0.15, -0.1) is 0 Å². The van der Waals surface area contributed by atoms with Crippen molar-refractivity contribution in [3.8, 4) is 0 Å². The minimum atomic E-state index is -4.77. The van der Waals surface area contributed by atoms with Crippen LogP contribution in [0.15, 0.2) is 41.6 Å². The van der Waals surface area contributed by atoms with Crippen molar-refractivity contribution < 1.29 is 41.0 Å². The molecule has 1 aromatic rings. The van der Waals surface area contributed by atoms with E-state index in [-0.39, 0.29) is 50.0 Å². The molecule has 1 N–H and O–H groups in total. The summed E-state index contributed by atoms with van der Waals surface area (Å²) in [5.41, 5.74) is -0.769. The number of hydrogen-bond donors (Lipinski definition) is 1. The number of allylic oxidation sites excluding steroid dienone is 2. The van der Waals surface area contributed by atoms with Gasteiger partial charge in [0.05, 0.1) is 29.9 Å². The van der Waals surface area contributed by atoms with Gasteiger partial charge in [0, 0.05) is 25.6 Å². The Morgan fingerprint density at radius 1 is 1.26 bits per heavy atom. The molecule has 1 fully saturated rings. The molecule has 11 heteroatoms. The summed E-state index contributed by atoms with van der Waals surface area (Å²) in [6.45, 7) is -0.00471. The van der Waals surface area contributed by atoms with Gasteiger partial charge in [0.2, 0.25) is 5.91 Å². The lowest BCUT2D eigenvalue weighted by molar-refractivity contribution is -0.149. The topological polar surface area (TPSA) is 67.9 Å². The molecule has 166 valence electrons. The van der Waals surface area contributed by atoms with Gasteiger partial charge >= 0.3 is 6.18 Å². The van der Waals surface area contributed by atoms with Gasteiger partial charge in [0.1, 0.15) is 17.4 Å². The van der Waals surface area contributed by atoms with E-state index in [1.54, 1.807) is 0 Å². The Kier molecular flexibility index (Phi) is 5.46. The van der Waals surface area contributed by atoms with Crippen LogP contribution in [0.2, 0.25) is 0 Å². The molecule has 0 spiro atoms. The van der Waals surface area contributed by atoms with E-state index in [0.717, 1.165) is 18.2 Å². The van der Waals surface area contributed by atoms with Crippen molar-refractivity contribution in [2.75, 3.05) is 19.7 Å². The molecule has 0 radical (unpaired) electrons. The average Bonchev–Trinajstić information content (AvgIpc) is 2.65. The van der Waals surface area contributed by atoms with Crippen molar-refractivity contribution in [3.63, 3.8) is 0 Å². The summed E-state index contributed by atoms with van der Waals surface area (Å²) in [5, 5.41) is 2.57. The smallest absolute Gasteiger partial charge is 0.419 e. The van der Waals surface area contributed by atoms with Crippen LogP contribution < -0.4 is 5.32 Å². The number of nitrogens with zero attached hydrogens (tertiary/aromatic N) is 1. The standard InChI is InChI=1S/C20H17F5N2O4/c21-14-5-17-16(26-18(28)9-31-17)4-12(14)19(29)27-6-11(7-27)30-8-10-1-2-13(15(22)3-10)20(23,24)25/h1-3,5,11-12H,4,6-9H2,(H,26,28). The van der Waals surface area contributed by atoms with Crippen molar-refractivity contribution in [2.24, 2.45) is 5.92 Å². The van der Waals surface area contributed by atoms with Gasteiger partial charge in [-0.25, -0.2) is 8.78 Å². The molecule has 3 aliphatic rings. The molecule has 0 saturated carbocycles. The van der Waals surface area contributed by atoms with Crippen LogP contribution in [0.4, 0.5) is 22.0 Å². The van der Waals surface area contributed by atoms with Crippen LogP contribution in [-0.2, 0) is 31.8 Å². The fourth-order valence-corrected chi connectivity index (χ4v) is 3.55. The second-order valence-electron chi connectivity index (χ2n) is 7.45. The number of rotatable bonds is 4. The maximum Gasteiger partial charge on any atom is 0.419 e. The average molecular weight is 444 g/mol. The number of nitrogens with one attached hydrogen (secondary N) is 1. The molecule has 6 nitrogen and oxygen atoms in total. The Morgan fingerprint density at radius 2 is 2.00 bits per heavy atom. The van der Waals surface area contributed by atoms with E-state index in [1.807, 2.05) is 0 Å². The zero-order chi connectivity index (χ0) is 22.3. The zero-order valence-corrected chi connectivity index (χ0v) is 16.0. The fourth-order valence-electron chi connectivity index (χ4n) is 3.55.